The van der Waals surface area contributed by atoms with Crippen LogP contribution in [-0.2, 0) is 9.59 Å². The Balaban J connectivity index is 1.29. The van der Waals surface area contributed by atoms with E-state index >= 15 is 0 Å². The molecule has 0 atom stereocenters. The van der Waals surface area contributed by atoms with Crippen LogP contribution in [0.4, 0.5) is 11.6 Å². The van der Waals surface area contributed by atoms with Crippen molar-refractivity contribution in [2.45, 2.75) is 19.3 Å². The number of hydrogen-bond acceptors (Lipinski definition) is 7. The van der Waals surface area contributed by atoms with Crippen LogP contribution < -0.4 is 20.0 Å². The third-order valence-electron chi connectivity index (χ3n) is 5.67. The van der Waals surface area contributed by atoms with Gasteiger partial charge in [-0.25, -0.2) is 4.99 Å². The summed E-state index contributed by atoms with van der Waals surface area (Å²) in [6, 6.07) is 16.9. The van der Waals surface area contributed by atoms with Crippen molar-refractivity contribution < 1.29 is 18.9 Å². The summed E-state index contributed by atoms with van der Waals surface area (Å²) < 4.78 is 6.19. The Morgan fingerprint density at radius 3 is 2.72 bits per heavy atom. The fourth-order valence-corrected chi connectivity index (χ4v) is 5.19. The van der Waals surface area contributed by atoms with Crippen LogP contribution in [0.3, 0.4) is 0 Å². The molecule has 11 heteroatoms. The molecule has 1 aromatic heterocycles. The standard InChI is InChI=1S/C25H23BrN6O3S/c26-19-9-7-8-18(14-19)15-21-24(34)32(20-10-3-1-4-11-20)25(27-21)36-17-22(33)28-23-16-31(29-35-23)30-12-5-2-6-13-30/h1,3-4,7-11,14-16H,2,5-6,12-13,17H2/p+1/b21-15+. The number of para-hydroxylation sites is 1. The zero-order valence-electron chi connectivity index (χ0n) is 19.3. The van der Waals surface area contributed by atoms with Gasteiger partial charge in [0, 0.05) is 4.47 Å². The molecule has 2 amide bonds. The van der Waals surface area contributed by atoms with E-state index in [1.807, 2.05) is 54.6 Å². The first-order chi connectivity index (χ1) is 17.6. The Kier molecular flexibility index (Phi) is 7.47. The van der Waals surface area contributed by atoms with Crippen LogP contribution in [0.15, 0.2) is 80.5 Å². The van der Waals surface area contributed by atoms with Gasteiger partial charge in [0.15, 0.2) is 5.17 Å². The first-order valence-electron chi connectivity index (χ1n) is 11.6. The smallest absolute Gasteiger partial charge is 0.288 e. The Morgan fingerprint density at radius 2 is 1.94 bits per heavy atom. The maximum atomic E-state index is 13.3. The van der Waals surface area contributed by atoms with Crippen molar-refractivity contribution in [3.8, 4) is 0 Å². The highest BCUT2D eigenvalue weighted by atomic mass is 79.9. The number of hydrogen-bond donors (Lipinski definition) is 1. The van der Waals surface area contributed by atoms with Gasteiger partial charge in [0.05, 0.1) is 29.3 Å². The van der Waals surface area contributed by atoms with Crippen LogP contribution in [0.1, 0.15) is 24.8 Å². The van der Waals surface area contributed by atoms with Crippen molar-refractivity contribution in [2.24, 2.45) is 4.99 Å². The van der Waals surface area contributed by atoms with E-state index in [0.29, 0.717) is 16.6 Å². The Bertz CT molecular complexity index is 1320. The second-order valence-electron chi connectivity index (χ2n) is 8.29. The number of piperidine rings is 1. The van der Waals surface area contributed by atoms with Gasteiger partial charge in [0.2, 0.25) is 11.2 Å². The van der Waals surface area contributed by atoms with Gasteiger partial charge >= 0.3 is 5.88 Å². The molecule has 9 nitrogen and oxygen atoms in total. The monoisotopic (exact) mass is 567 g/mol. The number of nitrogens with one attached hydrogen (secondary N) is 1. The molecule has 3 aromatic rings. The normalized spacial score (nSPS) is 17.0. The highest BCUT2D eigenvalue weighted by molar-refractivity contribution is 9.10. The number of rotatable bonds is 6. The first-order valence-corrected chi connectivity index (χ1v) is 13.4. The largest absolute Gasteiger partial charge is 0.305 e. The predicted molar refractivity (Wildman–Crippen MR) is 143 cm³/mol. The molecule has 0 radical (unpaired) electrons. The molecular formula is C25H24BrN6O3S+. The molecule has 36 heavy (non-hydrogen) atoms. The highest BCUT2D eigenvalue weighted by Gasteiger charge is 2.32. The Labute approximate surface area is 220 Å². The zero-order chi connectivity index (χ0) is 24.9. The van der Waals surface area contributed by atoms with Gasteiger partial charge in [0.25, 0.3) is 12.1 Å². The van der Waals surface area contributed by atoms with E-state index in [-0.39, 0.29) is 23.5 Å². The molecule has 1 N–H and O–H groups in total. The lowest BCUT2D eigenvalue weighted by molar-refractivity contribution is -0.759. The van der Waals surface area contributed by atoms with Crippen molar-refractivity contribution >= 4 is 62.3 Å². The second kappa shape index (κ2) is 11.1. The van der Waals surface area contributed by atoms with Crippen LogP contribution >= 0.6 is 27.7 Å². The molecule has 184 valence electrons. The fraction of sp³-hybridized carbons (Fsp3) is 0.240. The number of amidine groups is 1. The fourth-order valence-electron chi connectivity index (χ4n) is 3.96. The molecular weight excluding hydrogens is 544 g/mol. The van der Waals surface area contributed by atoms with Gasteiger partial charge in [-0.15, -0.1) is 0 Å². The Hall–Kier alpha value is -3.44. The van der Waals surface area contributed by atoms with Crippen molar-refractivity contribution in [3.63, 3.8) is 0 Å². The molecule has 1 fully saturated rings. The van der Waals surface area contributed by atoms with E-state index in [9.17, 15) is 9.59 Å². The van der Waals surface area contributed by atoms with Crippen LogP contribution in [0.2, 0.25) is 0 Å². The van der Waals surface area contributed by atoms with Crippen molar-refractivity contribution in [3.05, 3.63) is 76.5 Å². The summed E-state index contributed by atoms with van der Waals surface area (Å²) >= 11 is 4.64. The van der Waals surface area contributed by atoms with Crippen molar-refractivity contribution in [1.29, 1.82) is 0 Å². The Morgan fingerprint density at radius 1 is 1.14 bits per heavy atom. The van der Waals surface area contributed by atoms with Crippen LogP contribution in [0, 0.1) is 0 Å². The molecule has 0 spiro atoms. The third-order valence-corrected chi connectivity index (χ3v) is 7.10. The number of aromatic nitrogens is 2. The summed E-state index contributed by atoms with van der Waals surface area (Å²) in [7, 11) is 0. The molecule has 0 aliphatic carbocycles. The van der Waals surface area contributed by atoms with E-state index in [0.717, 1.165) is 36.0 Å². The summed E-state index contributed by atoms with van der Waals surface area (Å²) in [6.07, 6.45) is 6.83. The SMILES string of the molecule is O=C(CSC1=N/C(=C/c2cccc(Br)c2)C(=O)N1c1ccccc1)Nc1c[n+](N2CCCCC2)no1. The minimum atomic E-state index is -0.283. The lowest BCUT2D eigenvalue weighted by atomic mass is 10.2. The molecule has 2 aliphatic rings. The van der Waals surface area contributed by atoms with Gasteiger partial charge in [-0.2, -0.15) is 5.01 Å². The quantitative estimate of drug-likeness (QED) is 0.358. The van der Waals surface area contributed by atoms with Crippen molar-refractivity contribution in [2.75, 3.05) is 34.1 Å². The van der Waals surface area contributed by atoms with Gasteiger partial charge < -0.3 is 0 Å². The number of anilines is 2. The average Bonchev–Trinajstić information content (AvgIpc) is 3.48. The number of thioether (sulfide) groups is 1. The van der Waals surface area contributed by atoms with Crippen LogP contribution in [-0.4, -0.2) is 41.1 Å². The first kappa shape index (κ1) is 24.3. The minimum absolute atomic E-state index is 0.0457. The van der Waals surface area contributed by atoms with Gasteiger partial charge in [-0.3, -0.25) is 24.3 Å². The number of benzene rings is 2. The molecule has 0 saturated carbocycles. The number of carbonyl (C=O) groups is 2. The van der Waals surface area contributed by atoms with E-state index in [1.54, 1.807) is 17.1 Å². The number of amides is 2. The maximum Gasteiger partial charge on any atom is 0.305 e. The molecule has 3 heterocycles. The van der Waals surface area contributed by atoms with Crippen LogP contribution in [0.5, 0.6) is 0 Å². The number of aliphatic imine (C=N–C) groups is 1. The molecule has 5 rings (SSSR count). The topological polar surface area (TPSA) is 94.9 Å². The third kappa shape index (κ3) is 5.68. The molecule has 2 aromatic carbocycles. The molecule has 0 unspecified atom stereocenters. The van der Waals surface area contributed by atoms with Gasteiger partial charge in [0.1, 0.15) is 5.70 Å². The summed E-state index contributed by atoms with van der Waals surface area (Å²) in [5.74, 6) is -0.216. The predicted octanol–water partition coefficient (Wildman–Crippen LogP) is 3.96. The summed E-state index contributed by atoms with van der Waals surface area (Å²) in [5, 5.41) is 9.25. The number of halogens is 1. The van der Waals surface area contributed by atoms with E-state index in [4.69, 9.17) is 4.52 Å². The maximum absolute atomic E-state index is 13.3. The number of nitrogens with zero attached hydrogens (tertiary/aromatic N) is 5. The lowest BCUT2D eigenvalue weighted by Crippen LogP contribution is -2.60. The summed E-state index contributed by atoms with van der Waals surface area (Å²) in [6.45, 7) is 1.80. The van der Waals surface area contributed by atoms with Crippen LogP contribution in [0.25, 0.3) is 6.08 Å². The lowest BCUT2D eigenvalue weighted by Gasteiger charge is -2.17. The molecule has 2 aliphatic heterocycles. The highest BCUT2D eigenvalue weighted by Crippen LogP contribution is 2.29. The summed E-state index contributed by atoms with van der Waals surface area (Å²) in [4.78, 5) is 33.7. The van der Waals surface area contributed by atoms with E-state index in [1.165, 1.54) is 23.1 Å². The zero-order valence-corrected chi connectivity index (χ0v) is 21.7. The second-order valence-corrected chi connectivity index (χ2v) is 10.2. The van der Waals surface area contributed by atoms with Gasteiger partial charge in [-0.05, 0) is 55.2 Å². The van der Waals surface area contributed by atoms with E-state index < -0.39 is 0 Å². The number of carbonyl (C=O) groups excluding carboxylic acids is 2. The van der Waals surface area contributed by atoms with Crippen molar-refractivity contribution in [1.82, 2.24) is 5.27 Å². The molecule has 0 bridgehead atoms. The summed E-state index contributed by atoms with van der Waals surface area (Å²) in [5.41, 5.74) is 1.84. The minimum Gasteiger partial charge on any atom is -0.288 e. The van der Waals surface area contributed by atoms with Gasteiger partial charge in [-0.1, -0.05) is 58.0 Å². The average molecular weight is 568 g/mol. The van der Waals surface area contributed by atoms with E-state index in [2.05, 4.69) is 36.5 Å². The molecule has 1 saturated heterocycles.